The van der Waals surface area contributed by atoms with Crippen LogP contribution in [0.25, 0.3) is 0 Å². The van der Waals surface area contributed by atoms with Crippen molar-refractivity contribution >= 4 is 27.5 Å². The van der Waals surface area contributed by atoms with Gasteiger partial charge in [0.15, 0.2) is 11.5 Å². The van der Waals surface area contributed by atoms with Crippen LogP contribution < -0.4 is 14.8 Å². The molecule has 0 aliphatic rings. The number of methoxy groups -OCH3 is 1. The molecule has 0 unspecified atom stereocenters. The van der Waals surface area contributed by atoms with Gasteiger partial charge in [-0.1, -0.05) is 17.7 Å². The van der Waals surface area contributed by atoms with E-state index in [0.717, 1.165) is 35.8 Å². The highest BCUT2D eigenvalue weighted by Crippen LogP contribution is 2.37. The molecule has 0 saturated heterocycles. The molecule has 0 bridgehead atoms. The molecule has 2 rings (SSSR count). The van der Waals surface area contributed by atoms with Gasteiger partial charge >= 0.3 is 0 Å². The number of aliphatic hydroxyl groups is 1. The lowest BCUT2D eigenvalue weighted by Crippen LogP contribution is -2.15. The number of unbranched alkanes of at least 4 members (excludes halogenated alkanes) is 2. The van der Waals surface area contributed by atoms with Crippen LogP contribution in [0, 0.1) is 5.82 Å². The number of ether oxygens (including phenoxy) is 2. The molecular weight excluding hydrogens is 437 g/mol. The zero-order valence-corrected chi connectivity index (χ0v) is 17.6. The molecule has 2 aromatic carbocycles. The van der Waals surface area contributed by atoms with Crippen LogP contribution in [0.4, 0.5) is 4.39 Å². The average molecular weight is 461 g/mol. The molecule has 2 aromatic rings. The summed E-state index contributed by atoms with van der Waals surface area (Å²) in [4.78, 5) is 0. The van der Waals surface area contributed by atoms with Crippen LogP contribution in [0.2, 0.25) is 5.02 Å². The van der Waals surface area contributed by atoms with E-state index >= 15 is 0 Å². The summed E-state index contributed by atoms with van der Waals surface area (Å²) in [5.74, 6) is 0.806. The van der Waals surface area contributed by atoms with Crippen molar-refractivity contribution in [2.45, 2.75) is 32.4 Å². The second-order valence-electron chi connectivity index (χ2n) is 6.09. The maximum absolute atomic E-state index is 13.2. The third-order valence-corrected chi connectivity index (χ3v) is 4.96. The Morgan fingerprint density at radius 1 is 1.19 bits per heavy atom. The van der Waals surface area contributed by atoms with E-state index in [1.54, 1.807) is 13.2 Å². The van der Waals surface area contributed by atoms with Crippen molar-refractivity contribution in [3.05, 3.63) is 56.8 Å². The summed E-state index contributed by atoms with van der Waals surface area (Å²) in [6.45, 7) is 2.05. The smallest absolute Gasteiger partial charge is 0.175 e. The lowest BCUT2D eigenvalue weighted by molar-refractivity contribution is 0.282. The number of nitrogens with one attached hydrogen (secondary N) is 1. The highest BCUT2D eigenvalue weighted by Gasteiger charge is 2.13. The number of hydrogen-bond donors (Lipinski definition) is 2. The van der Waals surface area contributed by atoms with Crippen molar-refractivity contribution in [2.24, 2.45) is 0 Å². The Labute approximate surface area is 172 Å². The minimum absolute atomic E-state index is 0.205. The third kappa shape index (κ3) is 6.96. The summed E-state index contributed by atoms with van der Waals surface area (Å²) in [5.41, 5.74) is 1.76. The molecule has 0 atom stereocenters. The lowest BCUT2D eigenvalue weighted by atomic mass is 10.2. The number of benzene rings is 2. The van der Waals surface area contributed by atoms with Gasteiger partial charge in [0.05, 0.1) is 16.6 Å². The standard InChI is InChI=1S/C20H24BrClFNO3/c1-26-19-10-14(12-24-7-3-2-4-8-25)9-17(21)20(19)27-13-15-5-6-16(23)11-18(15)22/h5-6,9-11,24-25H,2-4,7-8,12-13H2,1H3. The Kier molecular flexibility index (Phi) is 9.34. The summed E-state index contributed by atoms with van der Waals surface area (Å²) >= 11 is 9.58. The summed E-state index contributed by atoms with van der Waals surface area (Å²) in [7, 11) is 1.59. The van der Waals surface area contributed by atoms with E-state index in [1.807, 2.05) is 12.1 Å². The molecule has 0 amide bonds. The monoisotopic (exact) mass is 459 g/mol. The fraction of sp³-hybridized carbons (Fsp3) is 0.400. The van der Waals surface area contributed by atoms with Gasteiger partial charge in [-0.05, 0) is 71.6 Å². The van der Waals surface area contributed by atoms with Crippen molar-refractivity contribution in [3.63, 3.8) is 0 Å². The van der Waals surface area contributed by atoms with Gasteiger partial charge in [-0.2, -0.15) is 0 Å². The zero-order valence-electron chi connectivity index (χ0n) is 15.2. The quantitative estimate of drug-likeness (QED) is 0.459. The molecule has 0 saturated carbocycles. The molecule has 2 N–H and O–H groups in total. The summed E-state index contributed by atoms with van der Waals surface area (Å²) in [6.07, 6.45) is 2.87. The summed E-state index contributed by atoms with van der Waals surface area (Å²) in [5, 5.41) is 12.5. The van der Waals surface area contributed by atoms with E-state index < -0.39 is 0 Å². The molecule has 0 aromatic heterocycles. The lowest BCUT2D eigenvalue weighted by Gasteiger charge is -2.15. The first-order chi connectivity index (χ1) is 13.0. The number of aliphatic hydroxyl groups excluding tert-OH is 1. The Bertz CT molecular complexity index is 745. The van der Waals surface area contributed by atoms with Crippen LogP contribution in [0.5, 0.6) is 11.5 Å². The van der Waals surface area contributed by atoms with Gasteiger partial charge in [0.2, 0.25) is 0 Å². The first-order valence-corrected chi connectivity index (χ1v) is 9.97. The third-order valence-electron chi connectivity index (χ3n) is 4.02. The van der Waals surface area contributed by atoms with E-state index in [1.165, 1.54) is 12.1 Å². The van der Waals surface area contributed by atoms with Crippen LogP contribution in [-0.4, -0.2) is 25.4 Å². The van der Waals surface area contributed by atoms with Crippen molar-refractivity contribution < 1.29 is 19.0 Å². The van der Waals surface area contributed by atoms with Gasteiger partial charge in [0.25, 0.3) is 0 Å². The van der Waals surface area contributed by atoms with Crippen LogP contribution in [0.1, 0.15) is 30.4 Å². The SMILES string of the molecule is COc1cc(CNCCCCCO)cc(Br)c1OCc1ccc(F)cc1Cl. The molecular formula is C20H24BrClFNO3. The van der Waals surface area contributed by atoms with Gasteiger partial charge in [0.1, 0.15) is 12.4 Å². The molecule has 0 spiro atoms. The minimum atomic E-state index is -0.379. The van der Waals surface area contributed by atoms with Crippen LogP contribution in [0.15, 0.2) is 34.8 Å². The minimum Gasteiger partial charge on any atom is -0.493 e. The normalized spacial score (nSPS) is 10.9. The van der Waals surface area contributed by atoms with E-state index in [9.17, 15) is 4.39 Å². The molecule has 0 fully saturated rings. The molecule has 0 radical (unpaired) electrons. The first kappa shape index (κ1) is 22.0. The molecule has 7 heteroatoms. The second kappa shape index (κ2) is 11.5. The zero-order chi connectivity index (χ0) is 19.6. The summed E-state index contributed by atoms with van der Waals surface area (Å²) in [6, 6.07) is 8.12. The predicted octanol–water partition coefficient (Wildman–Crippen LogP) is 5.08. The highest BCUT2D eigenvalue weighted by molar-refractivity contribution is 9.10. The first-order valence-electron chi connectivity index (χ1n) is 8.80. The number of rotatable bonds is 11. The Morgan fingerprint density at radius 2 is 2.00 bits per heavy atom. The fourth-order valence-corrected chi connectivity index (χ4v) is 3.40. The van der Waals surface area contributed by atoms with E-state index in [0.29, 0.717) is 28.6 Å². The van der Waals surface area contributed by atoms with E-state index in [-0.39, 0.29) is 19.0 Å². The topological polar surface area (TPSA) is 50.7 Å². The maximum Gasteiger partial charge on any atom is 0.175 e. The van der Waals surface area contributed by atoms with Gasteiger partial charge in [0, 0.05) is 18.7 Å². The Balaban J connectivity index is 1.98. The average Bonchev–Trinajstić information content (AvgIpc) is 2.64. The number of hydrogen-bond acceptors (Lipinski definition) is 4. The van der Waals surface area contributed by atoms with Gasteiger partial charge in [-0.3, -0.25) is 0 Å². The van der Waals surface area contributed by atoms with E-state index in [2.05, 4.69) is 21.2 Å². The molecule has 4 nitrogen and oxygen atoms in total. The highest BCUT2D eigenvalue weighted by atomic mass is 79.9. The van der Waals surface area contributed by atoms with Crippen molar-refractivity contribution in [2.75, 3.05) is 20.3 Å². The fourth-order valence-electron chi connectivity index (χ4n) is 2.58. The van der Waals surface area contributed by atoms with Crippen molar-refractivity contribution in [1.29, 1.82) is 0 Å². The molecule has 27 heavy (non-hydrogen) atoms. The number of halogens is 3. The van der Waals surface area contributed by atoms with Gasteiger partial charge in [-0.15, -0.1) is 0 Å². The Hall–Kier alpha value is -1.34. The predicted molar refractivity (Wildman–Crippen MR) is 109 cm³/mol. The van der Waals surface area contributed by atoms with Crippen LogP contribution in [0.3, 0.4) is 0 Å². The van der Waals surface area contributed by atoms with Gasteiger partial charge < -0.3 is 19.9 Å². The van der Waals surface area contributed by atoms with E-state index in [4.69, 9.17) is 26.2 Å². The van der Waals surface area contributed by atoms with Crippen molar-refractivity contribution in [1.82, 2.24) is 5.32 Å². The maximum atomic E-state index is 13.2. The van der Waals surface area contributed by atoms with Crippen LogP contribution in [-0.2, 0) is 13.2 Å². The molecule has 148 valence electrons. The molecule has 0 aliphatic carbocycles. The summed E-state index contributed by atoms with van der Waals surface area (Å²) < 4.78 is 25.3. The van der Waals surface area contributed by atoms with Crippen LogP contribution >= 0.6 is 27.5 Å². The molecule has 0 heterocycles. The second-order valence-corrected chi connectivity index (χ2v) is 7.36. The largest absolute Gasteiger partial charge is 0.493 e. The van der Waals surface area contributed by atoms with Crippen molar-refractivity contribution in [3.8, 4) is 11.5 Å². The molecule has 0 aliphatic heterocycles. The Morgan fingerprint density at radius 3 is 2.70 bits per heavy atom. The van der Waals surface area contributed by atoms with Gasteiger partial charge in [-0.25, -0.2) is 4.39 Å².